The molecule has 7 heterocycles. The molecule has 0 bridgehead atoms. The maximum Gasteiger partial charge on any atom is 0.241 e. The SMILES string of the molecule is c1ccc(-c2nc3ccc4c5ccccc5n(-c5nc(-n6c7ccccc7c7ccc8nc(-c9ccccc9)oc8c76)nc(-n6c7ccccc7c7ccc8nc(-c9ccccc9)oc8c76)n5)c4c3o2)cc1. The first-order valence-electron chi connectivity index (χ1n) is 23.6. The molecular weight excluding hydrogens is 895 g/mol. The summed E-state index contributed by atoms with van der Waals surface area (Å²) in [5.41, 5.74) is 11.5. The number of hydrogen-bond acceptors (Lipinski definition) is 9. The van der Waals surface area contributed by atoms with Crippen molar-refractivity contribution < 1.29 is 13.3 Å². The minimum Gasteiger partial charge on any atom is -0.434 e. The minimum atomic E-state index is 0.354. The van der Waals surface area contributed by atoms with Crippen LogP contribution in [0.5, 0.6) is 0 Å². The molecule has 0 spiro atoms. The number of rotatable bonds is 6. The Bertz CT molecular complexity index is 4370. The van der Waals surface area contributed by atoms with Crippen LogP contribution < -0.4 is 0 Å². The fourth-order valence-corrected chi connectivity index (χ4v) is 10.7. The molecule has 0 aliphatic rings. The Kier molecular flexibility index (Phi) is 7.88. The van der Waals surface area contributed by atoms with Crippen LogP contribution in [0.3, 0.4) is 0 Å². The first kappa shape index (κ1) is 38.7. The largest absolute Gasteiger partial charge is 0.434 e. The van der Waals surface area contributed by atoms with E-state index in [1.807, 2.05) is 146 Å². The van der Waals surface area contributed by atoms with Crippen molar-refractivity contribution in [2.75, 3.05) is 0 Å². The lowest BCUT2D eigenvalue weighted by Gasteiger charge is -2.14. The van der Waals surface area contributed by atoms with Crippen LogP contribution in [0.1, 0.15) is 0 Å². The molecule has 9 aromatic carbocycles. The van der Waals surface area contributed by atoms with E-state index in [4.69, 9.17) is 43.2 Å². The molecule has 0 aliphatic carbocycles. The number of oxazole rings is 3. The van der Waals surface area contributed by atoms with Crippen molar-refractivity contribution in [1.29, 1.82) is 0 Å². The third-order valence-corrected chi connectivity index (χ3v) is 13.8. The molecule has 12 heteroatoms. The molecule has 0 fully saturated rings. The van der Waals surface area contributed by atoms with Gasteiger partial charge in [0.15, 0.2) is 16.7 Å². The Hall–Kier alpha value is -10.2. The Labute approximate surface area is 406 Å². The number of hydrogen-bond donors (Lipinski definition) is 0. The van der Waals surface area contributed by atoms with Gasteiger partial charge < -0.3 is 13.3 Å². The zero-order valence-electron chi connectivity index (χ0n) is 37.8. The highest BCUT2D eigenvalue weighted by Crippen LogP contribution is 2.42. The fourth-order valence-electron chi connectivity index (χ4n) is 10.7. The number of aromatic nitrogens is 9. The van der Waals surface area contributed by atoms with Gasteiger partial charge in [-0.1, -0.05) is 109 Å². The Balaban J connectivity index is 1.06. The molecule has 0 atom stereocenters. The summed E-state index contributed by atoms with van der Waals surface area (Å²) in [6, 6.07) is 67.1. The molecule has 16 rings (SSSR count). The molecule has 0 N–H and O–H groups in total. The summed E-state index contributed by atoms with van der Waals surface area (Å²) < 4.78 is 26.7. The highest BCUT2D eigenvalue weighted by Gasteiger charge is 2.28. The van der Waals surface area contributed by atoms with Crippen molar-refractivity contribution in [3.8, 4) is 52.2 Å². The van der Waals surface area contributed by atoms with Gasteiger partial charge in [0.05, 0.1) is 16.6 Å². The Morgan fingerprint density at radius 1 is 0.250 bits per heavy atom. The normalized spacial score (nSPS) is 12.2. The smallest absolute Gasteiger partial charge is 0.241 e. The quantitative estimate of drug-likeness (QED) is 0.160. The third-order valence-electron chi connectivity index (χ3n) is 13.8. The Morgan fingerprint density at radius 2 is 0.528 bits per heavy atom. The second-order valence-electron chi connectivity index (χ2n) is 17.9. The predicted molar refractivity (Wildman–Crippen MR) is 282 cm³/mol. The first-order valence-corrected chi connectivity index (χ1v) is 23.6. The van der Waals surface area contributed by atoms with Crippen LogP contribution in [0.15, 0.2) is 213 Å². The maximum absolute atomic E-state index is 6.82. The maximum atomic E-state index is 6.82. The topological polar surface area (TPSA) is 132 Å². The van der Waals surface area contributed by atoms with Crippen LogP contribution >= 0.6 is 0 Å². The van der Waals surface area contributed by atoms with Crippen LogP contribution in [0.2, 0.25) is 0 Å². The zero-order chi connectivity index (χ0) is 47.0. The molecule has 0 saturated heterocycles. The van der Waals surface area contributed by atoms with Gasteiger partial charge in [-0.2, -0.15) is 15.0 Å². The average molecular weight is 928 g/mol. The number of nitrogens with zero attached hydrogens (tertiary/aromatic N) is 9. The van der Waals surface area contributed by atoms with E-state index in [2.05, 4.69) is 68.3 Å². The summed E-state index contributed by atoms with van der Waals surface area (Å²) in [5, 5.41) is 5.87. The number of benzene rings is 9. The molecule has 336 valence electrons. The van der Waals surface area contributed by atoms with Crippen molar-refractivity contribution >= 4 is 98.7 Å². The van der Waals surface area contributed by atoms with E-state index in [1.165, 1.54) is 0 Å². The van der Waals surface area contributed by atoms with Crippen molar-refractivity contribution in [2.45, 2.75) is 0 Å². The summed E-state index contributed by atoms with van der Waals surface area (Å²) >= 11 is 0. The first-order chi connectivity index (χ1) is 35.7. The van der Waals surface area contributed by atoms with E-state index in [0.29, 0.717) is 68.8 Å². The van der Waals surface area contributed by atoms with Gasteiger partial charge in [-0.3, -0.25) is 13.7 Å². The van der Waals surface area contributed by atoms with Gasteiger partial charge >= 0.3 is 0 Å². The highest BCUT2D eigenvalue weighted by atomic mass is 16.4. The number of fused-ring (bicyclic) bond motifs is 15. The second kappa shape index (κ2) is 14.7. The van der Waals surface area contributed by atoms with Gasteiger partial charge in [0.1, 0.15) is 33.1 Å². The van der Waals surface area contributed by atoms with Gasteiger partial charge in [0, 0.05) is 49.0 Å². The molecule has 0 amide bonds. The molecule has 0 aliphatic heterocycles. The van der Waals surface area contributed by atoms with E-state index in [-0.39, 0.29) is 0 Å². The van der Waals surface area contributed by atoms with Crippen molar-refractivity contribution in [2.24, 2.45) is 0 Å². The van der Waals surface area contributed by atoms with Crippen LogP contribution in [-0.4, -0.2) is 43.6 Å². The van der Waals surface area contributed by atoms with Crippen molar-refractivity contribution in [3.63, 3.8) is 0 Å². The summed E-state index contributed by atoms with van der Waals surface area (Å²) in [4.78, 5) is 31.8. The lowest BCUT2D eigenvalue weighted by atomic mass is 10.1. The van der Waals surface area contributed by atoms with Crippen molar-refractivity contribution in [1.82, 2.24) is 43.6 Å². The zero-order valence-corrected chi connectivity index (χ0v) is 37.8. The lowest BCUT2D eigenvalue weighted by Crippen LogP contribution is -2.13. The second-order valence-corrected chi connectivity index (χ2v) is 17.9. The van der Waals surface area contributed by atoms with E-state index in [9.17, 15) is 0 Å². The van der Waals surface area contributed by atoms with E-state index < -0.39 is 0 Å². The standard InChI is InChI=1S/C60H33N9O3/c1-4-16-34(17-5-1)55-61-43-31-28-40-37-22-10-13-25-46(37)67(49(40)52(43)70-55)58-64-59(68-47-26-14-11-23-38(47)41-29-32-44-53(50(41)68)71-56(62-44)35-18-6-2-7-19-35)66-60(65-58)69-48-27-15-12-24-39(48)42-30-33-45-54(51(42)69)72-57(63-45)36-20-8-3-9-21-36/h1-33H. The monoisotopic (exact) mass is 927 g/mol. The van der Waals surface area contributed by atoms with Crippen LogP contribution in [0, 0.1) is 0 Å². The number of para-hydroxylation sites is 3. The lowest BCUT2D eigenvalue weighted by molar-refractivity contribution is 0.621. The van der Waals surface area contributed by atoms with Gasteiger partial charge in [0.25, 0.3) is 0 Å². The van der Waals surface area contributed by atoms with Crippen LogP contribution in [0.4, 0.5) is 0 Å². The molecule has 7 aromatic heterocycles. The molecule has 16 aromatic rings. The minimum absolute atomic E-state index is 0.354. The fraction of sp³-hybridized carbons (Fsp3) is 0. The molecule has 12 nitrogen and oxygen atoms in total. The molecule has 0 saturated carbocycles. The Morgan fingerprint density at radius 3 is 0.833 bits per heavy atom. The summed E-state index contributed by atoms with van der Waals surface area (Å²) in [7, 11) is 0. The highest BCUT2D eigenvalue weighted by molar-refractivity contribution is 6.19. The van der Waals surface area contributed by atoms with Crippen LogP contribution in [0.25, 0.3) is 151 Å². The molecule has 0 radical (unpaired) electrons. The van der Waals surface area contributed by atoms with Gasteiger partial charge in [-0.15, -0.1) is 0 Å². The van der Waals surface area contributed by atoms with Gasteiger partial charge in [-0.25, -0.2) is 15.0 Å². The molecule has 72 heavy (non-hydrogen) atoms. The van der Waals surface area contributed by atoms with E-state index in [0.717, 1.165) is 82.1 Å². The summed E-state index contributed by atoms with van der Waals surface area (Å²) in [6.45, 7) is 0. The average Bonchev–Trinajstić information content (AvgIpc) is 4.31. The summed E-state index contributed by atoms with van der Waals surface area (Å²) in [5.74, 6) is 2.60. The third kappa shape index (κ3) is 5.50. The molecular formula is C60H33N9O3. The molecule has 0 unspecified atom stereocenters. The van der Waals surface area contributed by atoms with Gasteiger partial charge in [-0.05, 0) is 91.0 Å². The van der Waals surface area contributed by atoms with E-state index in [1.54, 1.807) is 0 Å². The van der Waals surface area contributed by atoms with Gasteiger partial charge in [0.2, 0.25) is 35.5 Å². The van der Waals surface area contributed by atoms with E-state index >= 15 is 0 Å². The predicted octanol–water partition coefficient (Wildman–Crippen LogP) is 14.6. The summed E-state index contributed by atoms with van der Waals surface area (Å²) in [6.07, 6.45) is 0. The van der Waals surface area contributed by atoms with Crippen molar-refractivity contribution in [3.05, 3.63) is 200 Å². The van der Waals surface area contributed by atoms with Crippen LogP contribution in [-0.2, 0) is 0 Å².